The Morgan fingerprint density at radius 1 is 1.53 bits per heavy atom. The Hall–Kier alpha value is -2.44. The first kappa shape index (κ1) is 11.1. The topological polar surface area (TPSA) is 111 Å². The van der Waals surface area contributed by atoms with Gasteiger partial charge in [-0.3, -0.25) is 19.3 Å². The zero-order valence-corrected chi connectivity index (χ0v) is 9.04. The van der Waals surface area contributed by atoms with Gasteiger partial charge in [0.1, 0.15) is 6.54 Å². The predicted octanol–water partition coefficient (Wildman–Crippen LogP) is -0.0768. The third-order valence-electron chi connectivity index (χ3n) is 2.29. The number of fused-ring (bicyclic) bond motifs is 1. The van der Waals surface area contributed by atoms with E-state index in [-0.39, 0.29) is 12.2 Å². The molecular formula is C10H10N4O3. The van der Waals surface area contributed by atoms with E-state index in [2.05, 4.69) is 10.1 Å². The number of nitrogens with zero attached hydrogens (tertiary/aromatic N) is 3. The summed E-state index contributed by atoms with van der Waals surface area (Å²) in [5.41, 5.74) is 6.44. The summed E-state index contributed by atoms with van der Waals surface area (Å²) in [5.74, 6) is -1.74. The first-order chi connectivity index (χ1) is 7.99. The molecule has 0 aliphatic carbocycles. The number of carbonyl (C=O) groups excluding carboxylic acids is 1. The number of primary amides is 1. The zero-order valence-electron chi connectivity index (χ0n) is 9.04. The third-order valence-corrected chi connectivity index (χ3v) is 2.29. The minimum Gasteiger partial charge on any atom is -0.480 e. The van der Waals surface area contributed by atoms with Gasteiger partial charge in [0.2, 0.25) is 0 Å². The highest BCUT2D eigenvalue weighted by Gasteiger charge is 2.16. The van der Waals surface area contributed by atoms with Crippen LogP contribution in [0.1, 0.15) is 16.2 Å². The number of aryl methyl sites for hydroxylation is 1. The first-order valence-electron chi connectivity index (χ1n) is 4.84. The van der Waals surface area contributed by atoms with Gasteiger partial charge in [-0.15, -0.1) is 0 Å². The van der Waals surface area contributed by atoms with E-state index in [1.165, 1.54) is 10.9 Å². The maximum absolute atomic E-state index is 11.2. The second-order valence-electron chi connectivity index (χ2n) is 3.61. The van der Waals surface area contributed by atoms with Gasteiger partial charge in [0.25, 0.3) is 5.91 Å². The van der Waals surface area contributed by atoms with Crippen molar-refractivity contribution < 1.29 is 14.7 Å². The lowest BCUT2D eigenvalue weighted by Crippen LogP contribution is -2.14. The van der Waals surface area contributed by atoms with Crippen LogP contribution in [-0.4, -0.2) is 31.7 Å². The molecule has 3 N–H and O–H groups in total. The van der Waals surface area contributed by atoms with Crippen LogP contribution in [0.2, 0.25) is 0 Å². The Morgan fingerprint density at radius 3 is 2.82 bits per heavy atom. The van der Waals surface area contributed by atoms with Gasteiger partial charge in [-0.25, -0.2) is 0 Å². The van der Waals surface area contributed by atoms with Crippen molar-refractivity contribution in [1.82, 2.24) is 14.8 Å². The average molecular weight is 234 g/mol. The van der Waals surface area contributed by atoms with Crippen molar-refractivity contribution in [2.75, 3.05) is 0 Å². The number of rotatable bonds is 3. The van der Waals surface area contributed by atoms with Gasteiger partial charge >= 0.3 is 5.97 Å². The van der Waals surface area contributed by atoms with Crippen LogP contribution in [0.4, 0.5) is 0 Å². The second-order valence-corrected chi connectivity index (χ2v) is 3.61. The normalized spacial score (nSPS) is 10.6. The van der Waals surface area contributed by atoms with E-state index in [1.54, 1.807) is 13.0 Å². The van der Waals surface area contributed by atoms with Gasteiger partial charge in [-0.1, -0.05) is 0 Å². The van der Waals surface area contributed by atoms with Crippen molar-refractivity contribution >= 4 is 22.8 Å². The summed E-state index contributed by atoms with van der Waals surface area (Å²) in [7, 11) is 0. The fraction of sp³-hybridized carbons (Fsp3) is 0.200. The Labute approximate surface area is 95.9 Å². The van der Waals surface area contributed by atoms with E-state index >= 15 is 0 Å². The number of aromatic nitrogens is 3. The molecule has 2 aromatic rings. The molecule has 0 aliphatic rings. The van der Waals surface area contributed by atoms with Crippen LogP contribution in [0, 0.1) is 6.92 Å². The summed E-state index contributed by atoms with van der Waals surface area (Å²) in [6, 6.07) is 1.65. The molecule has 0 atom stereocenters. The van der Waals surface area contributed by atoms with Crippen molar-refractivity contribution in [1.29, 1.82) is 0 Å². The van der Waals surface area contributed by atoms with Crippen molar-refractivity contribution in [3.63, 3.8) is 0 Å². The Morgan fingerprint density at radius 2 is 2.24 bits per heavy atom. The molecule has 0 saturated heterocycles. The Kier molecular flexibility index (Phi) is 2.51. The molecule has 1 amide bonds. The van der Waals surface area contributed by atoms with Gasteiger partial charge < -0.3 is 10.8 Å². The quantitative estimate of drug-likeness (QED) is 0.771. The van der Waals surface area contributed by atoms with Crippen molar-refractivity contribution in [3.8, 4) is 0 Å². The van der Waals surface area contributed by atoms with E-state index in [0.717, 1.165) is 0 Å². The minimum absolute atomic E-state index is 0.0618. The summed E-state index contributed by atoms with van der Waals surface area (Å²) >= 11 is 0. The van der Waals surface area contributed by atoms with Gasteiger partial charge in [-0.2, -0.15) is 5.10 Å². The highest BCUT2D eigenvalue weighted by Crippen LogP contribution is 2.18. The number of aliphatic carboxylic acids is 1. The first-order valence-corrected chi connectivity index (χ1v) is 4.84. The van der Waals surface area contributed by atoms with Crippen LogP contribution in [0.25, 0.3) is 10.9 Å². The van der Waals surface area contributed by atoms with Crippen LogP contribution in [0.5, 0.6) is 0 Å². The molecule has 0 spiro atoms. The minimum atomic E-state index is -1.05. The summed E-state index contributed by atoms with van der Waals surface area (Å²) in [5, 5.41) is 13.1. The van der Waals surface area contributed by atoms with Crippen molar-refractivity contribution in [2.24, 2.45) is 5.73 Å². The lowest BCUT2D eigenvalue weighted by atomic mass is 10.2. The number of carbonyl (C=O) groups is 2. The number of hydrogen-bond acceptors (Lipinski definition) is 4. The summed E-state index contributed by atoms with van der Waals surface area (Å²) < 4.78 is 1.20. The molecule has 0 bridgehead atoms. The lowest BCUT2D eigenvalue weighted by molar-refractivity contribution is -0.137. The van der Waals surface area contributed by atoms with E-state index in [1.807, 2.05) is 0 Å². The number of amides is 1. The SMILES string of the molecule is Cc1cc2c(C(N)=O)nn(CC(=O)O)c2cn1. The van der Waals surface area contributed by atoms with Crippen LogP contribution in [-0.2, 0) is 11.3 Å². The van der Waals surface area contributed by atoms with E-state index in [0.29, 0.717) is 16.6 Å². The van der Waals surface area contributed by atoms with Gasteiger partial charge in [0.15, 0.2) is 5.69 Å². The molecule has 0 unspecified atom stereocenters. The largest absolute Gasteiger partial charge is 0.480 e. The summed E-state index contributed by atoms with van der Waals surface area (Å²) in [4.78, 5) is 25.9. The monoisotopic (exact) mass is 234 g/mol. The molecule has 88 valence electrons. The molecule has 0 aliphatic heterocycles. The highest BCUT2D eigenvalue weighted by molar-refractivity contribution is 6.04. The van der Waals surface area contributed by atoms with Gasteiger partial charge in [0.05, 0.1) is 11.7 Å². The standard InChI is InChI=1S/C10H10N4O3/c1-5-2-6-7(3-12-5)14(4-8(15)16)13-9(6)10(11)17/h2-3H,4H2,1H3,(H2,11,17)(H,15,16). The Bertz CT molecular complexity index is 617. The number of nitrogens with two attached hydrogens (primary N) is 1. The molecule has 0 fully saturated rings. The van der Waals surface area contributed by atoms with Crippen LogP contribution >= 0.6 is 0 Å². The average Bonchev–Trinajstić information content (AvgIpc) is 2.55. The number of hydrogen-bond donors (Lipinski definition) is 2. The molecule has 7 heteroatoms. The molecule has 0 aromatic carbocycles. The maximum atomic E-state index is 11.2. The molecule has 2 aromatic heterocycles. The number of carboxylic acid groups (broad SMARTS) is 1. The molecule has 2 rings (SSSR count). The number of pyridine rings is 1. The van der Waals surface area contributed by atoms with Gasteiger partial charge in [0, 0.05) is 11.1 Å². The molecule has 0 saturated carbocycles. The lowest BCUT2D eigenvalue weighted by Gasteiger charge is -1.98. The molecule has 17 heavy (non-hydrogen) atoms. The Balaban J connectivity index is 2.70. The smallest absolute Gasteiger partial charge is 0.325 e. The van der Waals surface area contributed by atoms with Crippen LogP contribution in [0.15, 0.2) is 12.3 Å². The third kappa shape index (κ3) is 1.94. The van der Waals surface area contributed by atoms with Crippen molar-refractivity contribution in [2.45, 2.75) is 13.5 Å². The van der Waals surface area contributed by atoms with Crippen LogP contribution in [0.3, 0.4) is 0 Å². The summed E-state index contributed by atoms with van der Waals surface area (Å²) in [6.45, 7) is 1.42. The van der Waals surface area contributed by atoms with Gasteiger partial charge in [-0.05, 0) is 13.0 Å². The molecule has 0 radical (unpaired) electrons. The molecule has 7 nitrogen and oxygen atoms in total. The fourth-order valence-electron chi connectivity index (χ4n) is 1.61. The van der Waals surface area contributed by atoms with Crippen molar-refractivity contribution in [3.05, 3.63) is 23.7 Å². The zero-order chi connectivity index (χ0) is 12.6. The summed E-state index contributed by atoms with van der Waals surface area (Å²) in [6.07, 6.45) is 1.48. The molecular weight excluding hydrogens is 224 g/mol. The molecule has 2 heterocycles. The maximum Gasteiger partial charge on any atom is 0.325 e. The second kappa shape index (κ2) is 3.85. The predicted molar refractivity (Wildman–Crippen MR) is 58.4 cm³/mol. The number of carboxylic acids is 1. The highest BCUT2D eigenvalue weighted by atomic mass is 16.4. The van der Waals surface area contributed by atoms with E-state index in [4.69, 9.17) is 10.8 Å². The fourth-order valence-corrected chi connectivity index (χ4v) is 1.61. The van der Waals surface area contributed by atoms with E-state index in [9.17, 15) is 9.59 Å². The van der Waals surface area contributed by atoms with Crippen LogP contribution < -0.4 is 5.73 Å². The van der Waals surface area contributed by atoms with E-state index < -0.39 is 11.9 Å².